The van der Waals surface area contributed by atoms with E-state index < -0.39 is 0 Å². The molecule has 44 heavy (non-hydrogen) atoms. The van der Waals surface area contributed by atoms with Crippen LogP contribution in [0, 0.1) is 13.8 Å². The normalized spacial score (nSPS) is 13.2. The van der Waals surface area contributed by atoms with E-state index in [0.29, 0.717) is 0 Å². The maximum Gasteiger partial charge on any atom is 0.0465 e. The minimum absolute atomic E-state index is 0.130. The fourth-order valence-corrected chi connectivity index (χ4v) is 7.15. The first-order chi connectivity index (χ1) is 21.3. The van der Waals surface area contributed by atoms with Gasteiger partial charge in [0.25, 0.3) is 0 Å². The number of anilines is 3. The van der Waals surface area contributed by atoms with Crippen LogP contribution in [0.15, 0.2) is 140 Å². The summed E-state index contributed by atoms with van der Waals surface area (Å²) in [6, 6.07) is 51.8. The van der Waals surface area contributed by atoms with Crippen LogP contribution in [0.25, 0.3) is 43.8 Å². The van der Waals surface area contributed by atoms with E-state index in [1.54, 1.807) is 0 Å². The van der Waals surface area contributed by atoms with Crippen LogP contribution >= 0.6 is 0 Å². The van der Waals surface area contributed by atoms with Crippen molar-refractivity contribution >= 4 is 38.6 Å². The van der Waals surface area contributed by atoms with Gasteiger partial charge in [0.2, 0.25) is 0 Å². The van der Waals surface area contributed by atoms with Gasteiger partial charge in [0, 0.05) is 22.5 Å². The second-order valence-corrected chi connectivity index (χ2v) is 12.9. The van der Waals surface area contributed by atoms with E-state index in [9.17, 15) is 0 Å². The summed E-state index contributed by atoms with van der Waals surface area (Å²) < 4.78 is 0. The Kier molecular flexibility index (Phi) is 6.00. The zero-order valence-corrected chi connectivity index (χ0v) is 25.7. The van der Waals surface area contributed by atoms with Gasteiger partial charge in [-0.1, -0.05) is 92.7 Å². The van der Waals surface area contributed by atoms with Crippen molar-refractivity contribution < 1.29 is 0 Å². The van der Waals surface area contributed by atoms with Crippen LogP contribution in [0.2, 0.25) is 0 Å². The van der Waals surface area contributed by atoms with Gasteiger partial charge in [-0.3, -0.25) is 0 Å². The minimum atomic E-state index is -0.130. The molecule has 0 aromatic heterocycles. The van der Waals surface area contributed by atoms with Crippen molar-refractivity contribution in [3.63, 3.8) is 0 Å². The van der Waals surface area contributed by atoms with E-state index >= 15 is 0 Å². The Bertz CT molecular complexity index is 2190. The van der Waals surface area contributed by atoms with Crippen LogP contribution in [0.1, 0.15) is 36.1 Å². The molecule has 212 valence electrons. The summed E-state index contributed by atoms with van der Waals surface area (Å²) in [7, 11) is 0. The molecule has 0 saturated heterocycles. The lowest BCUT2D eigenvalue weighted by atomic mass is 9.81. The second-order valence-electron chi connectivity index (χ2n) is 12.9. The highest BCUT2D eigenvalue weighted by Crippen LogP contribution is 2.51. The first-order valence-corrected chi connectivity index (χ1v) is 15.5. The molecule has 8 rings (SSSR count). The maximum absolute atomic E-state index is 2.43. The minimum Gasteiger partial charge on any atom is -0.310 e. The van der Waals surface area contributed by atoms with E-state index in [4.69, 9.17) is 0 Å². The fraction of sp³-hybridized carbons (Fsp3) is 0.116. The zero-order chi connectivity index (χ0) is 30.0. The molecule has 1 aliphatic rings. The van der Waals surface area contributed by atoms with E-state index in [-0.39, 0.29) is 5.41 Å². The number of hydrogen-bond acceptors (Lipinski definition) is 1. The molecule has 0 fully saturated rings. The maximum atomic E-state index is 2.43. The van der Waals surface area contributed by atoms with Crippen molar-refractivity contribution in [2.45, 2.75) is 33.1 Å². The zero-order valence-electron chi connectivity index (χ0n) is 25.7. The largest absolute Gasteiger partial charge is 0.310 e. The molecule has 7 aromatic rings. The van der Waals surface area contributed by atoms with Crippen LogP contribution in [0.5, 0.6) is 0 Å². The second kappa shape index (κ2) is 9.96. The molecule has 7 aromatic carbocycles. The van der Waals surface area contributed by atoms with Gasteiger partial charge >= 0.3 is 0 Å². The molecule has 0 saturated carbocycles. The number of benzene rings is 7. The molecule has 0 heterocycles. The third-order valence-corrected chi connectivity index (χ3v) is 9.48. The fourth-order valence-electron chi connectivity index (χ4n) is 7.15. The van der Waals surface area contributed by atoms with Crippen molar-refractivity contribution in [1.82, 2.24) is 0 Å². The quantitative estimate of drug-likeness (QED) is 0.192. The Hall–Kier alpha value is -5.14. The Morgan fingerprint density at radius 2 is 0.932 bits per heavy atom. The van der Waals surface area contributed by atoms with Gasteiger partial charge in [0.15, 0.2) is 0 Å². The van der Waals surface area contributed by atoms with E-state index in [2.05, 4.69) is 172 Å². The summed E-state index contributed by atoms with van der Waals surface area (Å²) >= 11 is 0. The summed E-state index contributed by atoms with van der Waals surface area (Å²) in [4.78, 5) is 2.39. The number of rotatable bonds is 4. The molecule has 0 unspecified atom stereocenters. The number of hydrogen-bond donors (Lipinski definition) is 0. The summed E-state index contributed by atoms with van der Waals surface area (Å²) in [6.07, 6.45) is 0. The van der Waals surface area contributed by atoms with Crippen LogP contribution in [-0.2, 0) is 5.41 Å². The highest BCUT2D eigenvalue weighted by molar-refractivity contribution is 6.00. The molecule has 1 nitrogen and oxygen atoms in total. The predicted octanol–water partition coefficient (Wildman–Crippen LogP) is 12.1. The molecule has 0 amide bonds. The molecule has 0 radical (unpaired) electrons. The van der Waals surface area contributed by atoms with Crippen LogP contribution in [0.3, 0.4) is 0 Å². The number of aryl methyl sites for hydroxylation is 2. The molecule has 1 heteroatoms. The SMILES string of the molecule is Cc1cccc(N(c2cccc(C)c2)c2ccc3c(c2)C(C)(C)c2cc(-c4ccc5cc6ccccc6cc5c4)ccc2-3)c1. The first-order valence-electron chi connectivity index (χ1n) is 15.5. The van der Waals surface area contributed by atoms with Gasteiger partial charge in [-0.25, -0.2) is 0 Å². The van der Waals surface area contributed by atoms with Gasteiger partial charge in [-0.2, -0.15) is 0 Å². The molecule has 0 spiro atoms. The Morgan fingerprint density at radius 3 is 1.59 bits per heavy atom. The number of nitrogens with zero attached hydrogens (tertiary/aromatic N) is 1. The van der Waals surface area contributed by atoms with E-state index in [1.165, 1.54) is 83.1 Å². The molecule has 0 atom stereocenters. The monoisotopic (exact) mass is 565 g/mol. The molecular weight excluding hydrogens is 530 g/mol. The van der Waals surface area contributed by atoms with Gasteiger partial charge in [-0.05, 0) is 141 Å². The van der Waals surface area contributed by atoms with Crippen LogP contribution < -0.4 is 4.90 Å². The van der Waals surface area contributed by atoms with Gasteiger partial charge < -0.3 is 4.90 Å². The lowest BCUT2D eigenvalue weighted by Gasteiger charge is -2.28. The van der Waals surface area contributed by atoms with Crippen molar-refractivity contribution in [3.05, 3.63) is 162 Å². The highest BCUT2D eigenvalue weighted by Gasteiger charge is 2.36. The number of fused-ring (bicyclic) bond motifs is 5. The molecule has 0 aliphatic heterocycles. The van der Waals surface area contributed by atoms with E-state index in [0.717, 1.165) is 0 Å². The highest BCUT2D eigenvalue weighted by atomic mass is 15.1. The Morgan fingerprint density at radius 1 is 0.409 bits per heavy atom. The summed E-state index contributed by atoms with van der Waals surface area (Å²) in [5, 5.41) is 5.12. The lowest BCUT2D eigenvalue weighted by molar-refractivity contribution is 0.660. The van der Waals surface area contributed by atoms with Crippen LogP contribution in [0.4, 0.5) is 17.1 Å². The smallest absolute Gasteiger partial charge is 0.0465 e. The summed E-state index contributed by atoms with van der Waals surface area (Å²) in [5.74, 6) is 0. The van der Waals surface area contributed by atoms with Gasteiger partial charge in [0.1, 0.15) is 0 Å². The van der Waals surface area contributed by atoms with Gasteiger partial charge in [0.05, 0.1) is 0 Å². The lowest BCUT2D eigenvalue weighted by Crippen LogP contribution is -2.16. The average molecular weight is 566 g/mol. The Labute approximate surface area is 260 Å². The van der Waals surface area contributed by atoms with Crippen molar-refractivity contribution in [1.29, 1.82) is 0 Å². The topological polar surface area (TPSA) is 3.24 Å². The van der Waals surface area contributed by atoms with Crippen LogP contribution in [-0.4, -0.2) is 0 Å². The standard InChI is InChI=1S/C43H35N/c1-28-9-7-13-36(21-28)44(37-14-8-10-29(2)22-37)38-18-20-40-39-19-17-34(26-41(39)43(3,4)42(40)27-38)32-15-16-33-23-30-11-5-6-12-31(30)24-35(33)25-32/h5-27H,1-4H3. The van der Waals surface area contributed by atoms with Crippen molar-refractivity contribution in [3.8, 4) is 22.3 Å². The Balaban J connectivity index is 1.22. The molecule has 1 aliphatic carbocycles. The van der Waals surface area contributed by atoms with Gasteiger partial charge in [-0.15, -0.1) is 0 Å². The summed E-state index contributed by atoms with van der Waals surface area (Å²) in [6.45, 7) is 9.08. The average Bonchev–Trinajstić information content (AvgIpc) is 3.25. The van der Waals surface area contributed by atoms with E-state index in [1.807, 2.05) is 0 Å². The first kappa shape index (κ1) is 26.5. The molecule has 0 bridgehead atoms. The third-order valence-electron chi connectivity index (χ3n) is 9.48. The molecular formula is C43H35N. The molecule has 0 N–H and O–H groups in total. The van der Waals surface area contributed by atoms with Crippen molar-refractivity contribution in [2.24, 2.45) is 0 Å². The summed E-state index contributed by atoms with van der Waals surface area (Å²) in [5.41, 5.74) is 13.9. The third kappa shape index (κ3) is 4.31. The predicted molar refractivity (Wildman–Crippen MR) is 189 cm³/mol. The van der Waals surface area contributed by atoms with Crippen molar-refractivity contribution in [2.75, 3.05) is 4.90 Å².